The van der Waals surface area contributed by atoms with E-state index in [9.17, 15) is 0 Å². The second-order valence-corrected chi connectivity index (χ2v) is 6.38. The third-order valence-corrected chi connectivity index (χ3v) is 4.37. The molecule has 1 aromatic rings. The molecule has 134 valence electrons. The number of ether oxygens (including phenoxy) is 1. The van der Waals surface area contributed by atoms with Crippen LogP contribution in [0.2, 0.25) is 0 Å². The van der Waals surface area contributed by atoms with Gasteiger partial charge in [-0.3, -0.25) is 9.89 Å². The first-order valence-electron chi connectivity index (χ1n) is 9.02. The van der Waals surface area contributed by atoms with Gasteiger partial charge in [0.25, 0.3) is 0 Å². The Morgan fingerprint density at radius 1 is 1.29 bits per heavy atom. The third kappa shape index (κ3) is 6.13. The highest BCUT2D eigenvalue weighted by atomic mass is 16.5. The van der Waals surface area contributed by atoms with Crippen molar-refractivity contribution >= 4 is 5.96 Å². The molecule has 24 heavy (non-hydrogen) atoms. The minimum absolute atomic E-state index is 0.806. The predicted molar refractivity (Wildman–Crippen MR) is 100 cm³/mol. The van der Waals surface area contributed by atoms with Gasteiger partial charge >= 0.3 is 0 Å². The smallest absolute Gasteiger partial charge is 0.193 e. The van der Waals surface area contributed by atoms with Crippen LogP contribution in [0.1, 0.15) is 30.9 Å². The minimum atomic E-state index is 0.806. The van der Waals surface area contributed by atoms with Gasteiger partial charge in [-0.05, 0) is 17.5 Å². The molecule has 1 heterocycles. The summed E-state index contributed by atoms with van der Waals surface area (Å²) in [5.41, 5.74) is 2.66. The highest BCUT2D eigenvalue weighted by Gasteiger charge is 2.11. The van der Waals surface area contributed by atoms with Crippen molar-refractivity contribution in [3.05, 3.63) is 35.4 Å². The van der Waals surface area contributed by atoms with Crippen LogP contribution in [0.4, 0.5) is 0 Å². The number of nitrogens with zero attached hydrogens (tertiary/aromatic N) is 3. The van der Waals surface area contributed by atoms with Crippen molar-refractivity contribution in [3.8, 4) is 0 Å². The molecule has 2 rings (SSSR count). The fraction of sp³-hybridized carbons (Fsp3) is 0.632. The van der Waals surface area contributed by atoms with Gasteiger partial charge < -0.3 is 15.0 Å². The largest absolute Gasteiger partial charge is 0.379 e. The van der Waals surface area contributed by atoms with Crippen LogP contribution in [0.25, 0.3) is 0 Å². The van der Waals surface area contributed by atoms with Gasteiger partial charge in [0.05, 0.1) is 13.2 Å². The van der Waals surface area contributed by atoms with E-state index in [0.717, 1.165) is 51.9 Å². The summed E-state index contributed by atoms with van der Waals surface area (Å²) in [4.78, 5) is 9.03. The van der Waals surface area contributed by atoms with Crippen LogP contribution in [0.15, 0.2) is 29.3 Å². The van der Waals surface area contributed by atoms with Gasteiger partial charge in [-0.1, -0.05) is 37.6 Å². The van der Waals surface area contributed by atoms with Gasteiger partial charge in [-0.25, -0.2) is 0 Å². The van der Waals surface area contributed by atoms with Gasteiger partial charge in [0.2, 0.25) is 0 Å². The molecule has 5 nitrogen and oxygen atoms in total. The number of rotatable bonds is 7. The molecule has 0 aromatic heterocycles. The Balaban J connectivity index is 1.86. The van der Waals surface area contributed by atoms with E-state index in [4.69, 9.17) is 4.74 Å². The van der Waals surface area contributed by atoms with E-state index >= 15 is 0 Å². The van der Waals surface area contributed by atoms with Crippen molar-refractivity contribution in [2.45, 2.75) is 32.9 Å². The van der Waals surface area contributed by atoms with E-state index in [1.54, 1.807) is 0 Å². The Labute approximate surface area is 146 Å². The Kier molecular flexibility index (Phi) is 8.05. The van der Waals surface area contributed by atoms with Crippen LogP contribution < -0.4 is 5.32 Å². The summed E-state index contributed by atoms with van der Waals surface area (Å²) in [5.74, 6) is 0.960. The van der Waals surface area contributed by atoms with Crippen LogP contribution in [0.5, 0.6) is 0 Å². The maximum absolute atomic E-state index is 5.42. The topological polar surface area (TPSA) is 40.1 Å². The molecule has 1 N–H and O–H groups in total. The van der Waals surface area contributed by atoms with E-state index in [2.05, 4.69) is 58.3 Å². The van der Waals surface area contributed by atoms with Crippen LogP contribution in [0.3, 0.4) is 0 Å². The molecule has 0 saturated carbocycles. The number of unbranched alkanes of at least 4 members (excludes halogenated alkanes) is 1. The molecule has 0 atom stereocenters. The maximum Gasteiger partial charge on any atom is 0.193 e. The van der Waals surface area contributed by atoms with Crippen molar-refractivity contribution in [2.24, 2.45) is 4.99 Å². The van der Waals surface area contributed by atoms with Gasteiger partial charge in [0.15, 0.2) is 5.96 Å². The van der Waals surface area contributed by atoms with E-state index in [1.165, 1.54) is 24.0 Å². The van der Waals surface area contributed by atoms with Crippen molar-refractivity contribution < 1.29 is 4.74 Å². The third-order valence-electron chi connectivity index (χ3n) is 4.37. The normalized spacial score (nSPS) is 16.2. The zero-order valence-electron chi connectivity index (χ0n) is 15.4. The van der Waals surface area contributed by atoms with Gasteiger partial charge in [-0.15, -0.1) is 0 Å². The molecule has 1 aliphatic rings. The summed E-state index contributed by atoms with van der Waals surface area (Å²) in [5, 5.41) is 3.47. The highest BCUT2D eigenvalue weighted by molar-refractivity contribution is 5.79. The van der Waals surface area contributed by atoms with Crippen molar-refractivity contribution in [1.29, 1.82) is 0 Å². The average Bonchev–Trinajstić information content (AvgIpc) is 2.61. The molecule has 1 fully saturated rings. The summed E-state index contributed by atoms with van der Waals surface area (Å²) in [6.45, 7) is 8.80. The standard InChI is InChI=1S/C19H32N4O/c1-4-5-9-22(3)19(20-2)21-15-17-7-6-8-18(14-17)16-23-10-12-24-13-11-23/h6-8,14H,4-5,9-13,15-16H2,1-3H3,(H,20,21). The molecule has 0 bridgehead atoms. The first-order chi connectivity index (χ1) is 11.7. The molecule has 1 aromatic carbocycles. The first kappa shape index (κ1) is 18.7. The lowest BCUT2D eigenvalue weighted by atomic mass is 10.1. The number of benzene rings is 1. The molecule has 0 amide bonds. The zero-order valence-corrected chi connectivity index (χ0v) is 15.4. The molecule has 0 unspecified atom stereocenters. The number of morpholine rings is 1. The number of aliphatic imine (C=N–C) groups is 1. The predicted octanol–water partition coefficient (Wildman–Crippen LogP) is 2.33. The molecule has 1 aliphatic heterocycles. The Hall–Kier alpha value is -1.59. The minimum Gasteiger partial charge on any atom is -0.379 e. The Morgan fingerprint density at radius 2 is 2.04 bits per heavy atom. The molecular formula is C19H32N4O. The molecule has 0 radical (unpaired) electrons. The number of hydrogen-bond acceptors (Lipinski definition) is 3. The Morgan fingerprint density at radius 3 is 2.75 bits per heavy atom. The fourth-order valence-electron chi connectivity index (χ4n) is 2.92. The SMILES string of the molecule is CCCCN(C)C(=NC)NCc1cccc(CN2CCOCC2)c1. The van der Waals surface area contributed by atoms with Crippen LogP contribution in [-0.2, 0) is 17.8 Å². The lowest BCUT2D eigenvalue weighted by Gasteiger charge is -2.26. The summed E-state index contributed by atoms with van der Waals surface area (Å²) in [6.07, 6.45) is 2.39. The van der Waals surface area contributed by atoms with Crippen molar-refractivity contribution in [2.75, 3.05) is 46.9 Å². The summed E-state index contributed by atoms with van der Waals surface area (Å²) in [6, 6.07) is 8.83. The van der Waals surface area contributed by atoms with Gasteiger partial charge in [0, 0.05) is 46.8 Å². The lowest BCUT2D eigenvalue weighted by Crippen LogP contribution is -2.39. The lowest BCUT2D eigenvalue weighted by molar-refractivity contribution is 0.0342. The second kappa shape index (κ2) is 10.3. The fourth-order valence-corrected chi connectivity index (χ4v) is 2.92. The van der Waals surface area contributed by atoms with E-state index < -0.39 is 0 Å². The molecule has 0 aliphatic carbocycles. The molecular weight excluding hydrogens is 300 g/mol. The quantitative estimate of drug-likeness (QED) is 0.614. The molecule has 5 heteroatoms. The molecule has 0 spiro atoms. The van der Waals surface area contributed by atoms with E-state index in [0.29, 0.717) is 0 Å². The van der Waals surface area contributed by atoms with Crippen LogP contribution in [0, 0.1) is 0 Å². The van der Waals surface area contributed by atoms with Gasteiger partial charge in [0.1, 0.15) is 0 Å². The number of hydrogen-bond donors (Lipinski definition) is 1. The van der Waals surface area contributed by atoms with Gasteiger partial charge in [-0.2, -0.15) is 0 Å². The zero-order chi connectivity index (χ0) is 17.2. The van der Waals surface area contributed by atoms with E-state index in [1.807, 2.05) is 7.05 Å². The monoisotopic (exact) mass is 332 g/mol. The summed E-state index contributed by atoms with van der Waals surface area (Å²) < 4.78 is 5.42. The second-order valence-electron chi connectivity index (χ2n) is 6.38. The van der Waals surface area contributed by atoms with Crippen LogP contribution >= 0.6 is 0 Å². The Bertz CT molecular complexity index is 512. The summed E-state index contributed by atoms with van der Waals surface area (Å²) >= 11 is 0. The van der Waals surface area contributed by atoms with E-state index in [-0.39, 0.29) is 0 Å². The highest BCUT2D eigenvalue weighted by Crippen LogP contribution is 2.10. The van der Waals surface area contributed by atoms with Crippen molar-refractivity contribution in [3.63, 3.8) is 0 Å². The van der Waals surface area contributed by atoms with Crippen molar-refractivity contribution in [1.82, 2.24) is 15.1 Å². The first-order valence-corrected chi connectivity index (χ1v) is 9.02. The molecule has 1 saturated heterocycles. The average molecular weight is 332 g/mol. The maximum atomic E-state index is 5.42. The number of nitrogens with one attached hydrogen (secondary N) is 1. The number of guanidine groups is 1. The summed E-state index contributed by atoms with van der Waals surface area (Å²) in [7, 11) is 3.94. The van der Waals surface area contributed by atoms with Crippen LogP contribution in [-0.4, -0.2) is 62.7 Å².